The lowest BCUT2D eigenvalue weighted by atomic mass is 9.97. The van der Waals surface area contributed by atoms with Crippen LogP contribution in [0.1, 0.15) is 30.5 Å². The molecule has 2 aromatic carbocycles. The van der Waals surface area contributed by atoms with Crippen molar-refractivity contribution < 1.29 is 13.2 Å². The summed E-state index contributed by atoms with van der Waals surface area (Å²) in [6.45, 7) is 2.07. The molecule has 0 heterocycles. The number of hydrogen-bond acceptors (Lipinski definition) is 1. The largest absolute Gasteiger partial charge is 0.416 e. The number of rotatable bonds is 4. The lowest BCUT2D eigenvalue weighted by Crippen LogP contribution is -2.15. The molecule has 0 radical (unpaired) electrons. The maximum atomic E-state index is 12.8. The summed E-state index contributed by atoms with van der Waals surface area (Å²) in [6.07, 6.45) is -3.40. The average Bonchev–Trinajstić information content (AvgIpc) is 2.48. The van der Waals surface area contributed by atoms with E-state index in [1.165, 1.54) is 12.1 Å². The van der Waals surface area contributed by atoms with Crippen LogP contribution in [-0.4, -0.2) is 7.05 Å². The van der Waals surface area contributed by atoms with Gasteiger partial charge in [0.1, 0.15) is 0 Å². The van der Waals surface area contributed by atoms with Crippen LogP contribution >= 0.6 is 0 Å². The Morgan fingerprint density at radius 3 is 2.19 bits per heavy atom. The highest BCUT2D eigenvalue weighted by Gasteiger charge is 2.30. The molecule has 2 rings (SSSR count). The zero-order chi connectivity index (χ0) is 15.5. The predicted molar refractivity (Wildman–Crippen MR) is 79.0 cm³/mol. The molecule has 0 aromatic heterocycles. The number of alkyl halides is 3. The quantitative estimate of drug-likeness (QED) is 0.832. The first-order chi connectivity index (χ1) is 9.95. The van der Waals surface area contributed by atoms with Gasteiger partial charge in [-0.15, -0.1) is 0 Å². The minimum atomic E-state index is -4.31. The van der Waals surface area contributed by atoms with Crippen LogP contribution in [0.3, 0.4) is 0 Å². The molecule has 0 spiro atoms. The van der Waals surface area contributed by atoms with Crippen molar-refractivity contribution >= 4 is 0 Å². The molecule has 0 amide bonds. The second-order valence-electron chi connectivity index (χ2n) is 4.95. The van der Waals surface area contributed by atoms with Crippen molar-refractivity contribution in [2.45, 2.75) is 25.6 Å². The van der Waals surface area contributed by atoms with Gasteiger partial charge in [-0.1, -0.05) is 37.3 Å². The van der Waals surface area contributed by atoms with Crippen LogP contribution in [0.5, 0.6) is 0 Å². The first-order valence-electron chi connectivity index (χ1n) is 6.90. The molecule has 0 aliphatic heterocycles. The van der Waals surface area contributed by atoms with Gasteiger partial charge in [0.15, 0.2) is 0 Å². The molecule has 0 aliphatic rings. The number of halogens is 3. The maximum Gasteiger partial charge on any atom is 0.416 e. The van der Waals surface area contributed by atoms with Crippen molar-refractivity contribution in [2.75, 3.05) is 7.05 Å². The van der Waals surface area contributed by atoms with E-state index in [-0.39, 0.29) is 6.04 Å². The summed E-state index contributed by atoms with van der Waals surface area (Å²) in [7, 11) is 1.88. The second-order valence-corrected chi connectivity index (χ2v) is 4.95. The Morgan fingerprint density at radius 1 is 1.00 bits per heavy atom. The summed E-state index contributed by atoms with van der Waals surface area (Å²) < 4.78 is 38.4. The molecule has 1 N–H and O–H groups in total. The van der Waals surface area contributed by atoms with E-state index in [1.54, 1.807) is 6.07 Å². The van der Waals surface area contributed by atoms with Crippen molar-refractivity contribution in [2.24, 2.45) is 0 Å². The number of benzene rings is 2. The molecular formula is C17H18F3N. The summed E-state index contributed by atoms with van der Waals surface area (Å²) in [4.78, 5) is 0. The molecule has 0 fully saturated rings. The Labute approximate surface area is 122 Å². The van der Waals surface area contributed by atoms with E-state index in [1.807, 2.05) is 31.3 Å². The lowest BCUT2D eigenvalue weighted by Gasteiger charge is -2.16. The van der Waals surface area contributed by atoms with Gasteiger partial charge in [-0.3, -0.25) is 0 Å². The fraction of sp³-hybridized carbons (Fsp3) is 0.294. The Balaban J connectivity index is 2.41. The number of nitrogens with one attached hydrogen (secondary N) is 1. The van der Waals surface area contributed by atoms with Gasteiger partial charge in [0.25, 0.3) is 0 Å². The van der Waals surface area contributed by atoms with E-state index < -0.39 is 11.7 Å². The average molecular weight is 293 g/mol. The van der Waals surface area contributed by atoms with Gasteiger partial charge < -0.3 is 5.32 Å². The van der Waals surface area contributed by atoms with E-state index in [9.17, 15) is 13.2 Å². The zero-order valence-electron chi connectivity index (χ0n) is 12.0. The van der Waals surface area contributed by atoms with Gasteiger partial charge in [0.2, 0.25) is 0 Å². The summed E-state index contributed by atoms with van der Waals surface area (Å²) in [5, 5.41) is 3.20. The minimum absolute atomic E-state index is 0.204. The molecule has 1 unspecified atom stereocenters. The van der Waals surface area contributed by atoms with E-state index in [0.717, 1.165) is 23.6 Å². The third kappa shape index (κ3) is 3.64. The zero-order valence-corrected chi connectivity index (χ0v) is 12.0. The van der Waals surface area contributed by atoms with Crippen molar-refractivity contribution in [3.8, 4) is 11.1 Å². The van der Waals surface area contributed by atoms with Crippen molar-refractivity contribution in [1.29, 1.82) is 0 Å². The highest BCUT2D eigenvalue weighted by atomic mass is 19.4. The summed E-state index contributed by atoms with van der Waals surface area (Å²) in [6, 6.07) is 13.3. The van der Waals surface area contributed by atoms with Crippen LogP contribution in [0.2, 0.25) is 0 Å². The third-order valence-corrected chi connectivity index (χ3v) is 3.57. The molecule has 2 aromatic rings. The molecule has 1 nitrogen and oxygen atoms in total. The summed E-state index contributed by atoms with van der Waals surface area (Å²) in [5.41, 5.74) is 1.84. The molecule has 0 bridgehead atoms. The van der Waals surface area contributed by atoms with Crippen molar-refractivity contribution in [3.05, 3.63) is 59.7 Å². The Hall–Kier alpha value is -1.81. The lowest BCUT2D eigenvalue weighted by molar-refractivity contribution is -0.137. The van der Waals surface area contributed by atoms with Crippen LogP contribution in [0.4, 0.5) is 13.2 Å². The fourth-order valence-electron chi connectivity index (χ4n) is 2.42. The maximum absolute atomic E-state index is 12.8. The first kappa shape index (κ1) is 15.6. The molecule has 0 aliphatic carbocycles. The van der Waals surface area contributed by atoms with Gasteiger partial charge in [0, 0.05) is 6.04 Å². The van der Waals surface area contributed by atoms with Crippen molar-refractivity contribution in [1.82, 2.24) is 5.32 Å². The van der Waals surface area contributed by atoms with Gasteiger partial charge in [0.05, 0.1) is 5.56 Å². The molecule has 112 valence electrons. The smallest absolute Gasteiger partial charge is 0.313 e. The van der Waals surface area contributed by atoms with Gasteiger partial charge in [-0.05, 0) is 48.4 Å². The van der Waals surface area contributed by atoms with Crippen LogP contribution in [0.25, 0.3) is 11.1 Å². The molecule has 21 heavy (non-hydrogen) atoms. The highest BCUT2D eigenvalue weighted by Crippen LogP contribution is 2.32. The Bertz CT molecular complexity index is 601. The highest BCUT2D eigenvalue weighted by molar-refractivity contribution is 5.65. The van der Waals surface area contributed by atoms with Gasteiger partial charge in [-0.2, -0.15) is 13.2 Å². The minimum Gasteiger partial charge on any atom is -0.313 e. The molecule has 4 heteroatoms. The second kappa shape index (κ2) is 6.31. The molecule has 0 saturated heterocycles. The molecule has 1 atom stereocenters. The number of hydrogen-bond donors (Lipinski definition) is 1. The summed E-state index contributed by atoms with van der Waals surface area (Å²) >= 11 is 0. The van der Waals surface area contributed by atoms with Gasteiger partial charge in [-0.25, -0.2) is 0 Å². The Kier molecular flexibility index (Phi) is 4.68. The SMILES string of the molecule is CCC(NC)c1cccc(-c2cccc(C(F)(F)F)c2)c1. The van der Waals surface area contributed by atoms with Crippen LogP contribution in [0, 0.1) is 0 Å². The van der Waals surface area contributed by atoms with E-state index >= 15 is 0 Å². The topological polar surface area (TPSA) is 12.0 Å². The standard InChI is InChI=1S/C17H18F3N/c1-3-16(21-2)14-8-4-6-12(10-14)13-7-5-9-15(11-13)17(18,19)20/h4-11,16,21H,3H2,1-2H3. The van der Waals surface area contributed by atoms with Crippen LogP contribution in [0.15, 0.2) is 48.5 Å². The Morgan fingerprint density at radius 2 is 1.62 bits per heavy atom. The van der Waals surface area contributed by atoms with E-state index in [4.69, 9.17) is 0 Å². The van der Waals surface area contributed by atoms with Crippen LogP contribution in [-0.2, 0) is 6.18 Å². The predicted octanol–water partition coefficient (Wildman–Crippen LogP) is 5.04. The van der Waals surface area contributed by atoms with E-state index in [0.29, 0.717) is 5.56 Å². The monoisotopic (exact) mass is 293 g/mol. The van der Waals surface area contributed by atoms with Crippen molar-refractivity contribution in [3.63, 3.8) is 0 Å². The summed E-state index contributed by atoms with van der Waals surface area (Å²) in [5.74, 6) is 0. The van der Waals surface area contributed by atoms with E-state index in [2.05, 4.69) is 12.2 Å². The molecular weight excluding hydrogens is 275 g/mol. The fourth-order valence-corrected chi connectivity index (χ4v) is 2.42. The normalized spacial score (nSPS) is 13.2. The van der Waals surface area contributed by atoms with Gasteiger partial charge >= 0.3 is 6.18 Å². The van der Waals surface area contributed by atoms with Crippen LogP contribution < -0.4 is 5.32 Å². The molecule has 0 saturated carbocycles. The first-order valence-corrected chi connectivity index (χ1v) is 6.90. The third-order valence-electron chi connectivity index (χ3n) is 3.57.